The Labute approximate surface area is 133 Å². The Bertz CT molecular complexity index is 512. The lowest BCUT2D eigenvalue weighted by Crippen LogP contribution is -2.24. The molecular formula is C16H22BrF2NO. The first-order valence-electron chi connectivity index (χ1n) is 7.05. The van der Waals surface area contributed by atoms with E-state index < -0.39 is 23.0 Å². The second-order valence-corrected chi connectivity index (χ2v) is 7.17. The van der Waals surface area contributed by atoms with Crippen molar-refractivity contribution < 1.29 is 13.6 Å². The number of nitrogens with two attached hydrogens (primary N) is 1. The van der Waals surface area contributed by atoms with E-state index in [1.807, 2.05) is 0 Å². The number of halogens is 3. The Morgan fingerprint density at radius 1 is 1.29 bits per heavy atom. The van der Waals surface area contributed by atoms with Gasteiger partial charge in [-0.3, -0.25) is 4.79 Å². The summed E-state index contributed by atoms with van der Waals surface area (Å²) in [7, 11) is 0. The lowest BCUT2D eigenvalue weighted by Gasteiger charge is -2.30. The highest BCUT2D eigenvalue weighted by Gasteiger charge is 2.26. The van der Waals surface area contributed by atoms with Crippen LogP contribution in [0.25, 0.3) is 0 Å². The zero-order chi connectivity index (χ0) is 16.2. The third kappa shape index (κ3) is 4.85. The van der Waals surface area contributed by atoms with E-state index in [0.29, 0.717) is 13.0 Å². The number of Topliss-reactive ketones (excluding diaryl/α,β-unsaturated/α-hetero) is 1. The maximum atomic E-state index is 13.9. The van der Waals surface area contributed by atoms with E-state index in [-0.39, 0.29) is 22.2 Å². The van der Waals surface area contributed by atoms with Gasteiger partial charge in [0.15, 0.2) is 11.6 Å². The van der Waals surface area contributed by atoms with E-state index in [4.69, 9.17) is 5.73 Å². The number of carbonyl (C=O) groups excluding carboxylic acids is 1. The molecule has 0 saturated carbocycles. The van der Waals surface area contributed by atoms with Gasteiger partial charge in [0, 0.05) is 6.42 Å². The molecule has 5 heteroatoms. The summed E-state index contributed by atoms with van der Waals surface area (Å²) in [5.74, 6) is -1.90. The van der Waals surface area contributed by atoms with Gasteiger partial charge in [-0.25, -0.2) is 8.78 Å². The van der Waals surface area contributed by atoms with Crippen molar-refractivity contribution >= 4 is 21.7 Å². The highest BCUT2D eigenvalue weighted by Crippen LogP contribution is 2.33. The molecule has 0 amide bonds. The van der Waals surface area contributed by atoms with Gasteiger partial charge in [-0.15, -0.1) is 0 Å². The maximum absolute atomic E-state index is 13.9. The van der Waals surface area contributed by atoms with Crippen molar-refractivity contribution in [2.75, 3.05) is 6.54 Å². The molecule has 0 aliphatic carbocycles. The van der Waals surface area contributed by atoms with Gasteiger partial charge in [-0.2, -0.15) is 0 Å². The topological polar surface area (TPSA) is 43.1 Å². The minimum Gasteiger partial charge on any atom is -0.330 e. The van der Waals surface area contributed by atoms with Crippen molar-refractivity contribution in [2.45, 2.75) is 40.0 Å². The summed E-state index contributed by atoms with van der Waals surface area (Å²) in [6.07, 6.45) is 1.48. The van der Waals surface area contributed by atoms with Gasteiger partial charge in [0.2, 0.25) is 0 Å². The van der Waals surface area contributed by atoms with Crippen LogP contribution in [0.1, 0.15) is 50.4 Å². The average molecular weight is 362 g/mol. The van der Waals surface area contributed by atoms with Gasteiger partial charge >= 0.3 is 0 Å². The molecule has 0 saturated heterocycles. The van der Waals surface area contributed by atoms with Crippen LogP contribution in [-0.2, 0) is 0 Å². The molecule has 0 aliphatic rings. The molecule has 1 aromatic carbocycles. The van der Waals surface area contributed by atoms with Crippen LogP contribution in [0.5, 0.6) is 0 Å². The van der Waals surface area contributed by atoms with Crippen molar-refractivity contribution in [3.8, 4) is 0 Å². The molecule has 0 fully saturated rings. The quantitative estimate of drug-likeness (QED) is 0.589. The molecule has 1 unspecified atom stereocenters. The van der Waals surface area contributed by atoms with Crippen LogP contribution in [0, 0.1) is 23.0 Å². The molecule has 21 heavy (non-hydrogen) atoms. The van der Waals surface area contributed by atoms with Gasteiger partial charge in [-0.05, 0) is 58.8 Å². The van der Waals surface area contributed by atoms with E-state index in [0.717, 1.165) is 12.5 Å². The normalized spacial score (nSPS) is 13.3. The smallest absolute Gasteiger partial charge is 0.168 e. The fourth-order valence-electron chi connectivity index (χ4n) is 2.42. The highest BCUT2D eigenvalue weighted by molar-refractivity contribution is 9.10. The SMILES string of the molecule is CC(C)(C)C(CCN)CCC(=O)c1c(F)ccc(Br)c1F. The van der Waals surface area contributed by atoms with Crippen molar-refractivity contribution in [3.05, 3.63) is 33.8 Å². The predicted molar refractivity (Wildman–Crippen MR) is 84.2 cm³/mol. The first kappa shape index (κ1) is 18.2. The van der Waals surface area contributed by atoms with Gasteiger partial charge in [0.25, 0.3) is 0 Å². The molecule has 1 rings (SSSR count). The molecule has 0 radical (unpaired) electrons. The molecule has 0 aromatic heterocycles. The molecule has 2 nitrogen and oxygen atoms in total. The number of benzene rings is 1. The summed E-state index contributed by atoms with van der Waals surface area (Å²) in [6.45, 7) is 6.78. The number of hydrogen-bond donors (Lipinski definition) is 1. The zero-order valence-corrected chi connectivity index (χ0v) is 14.3. The summed E-state index contributed by atoms with van der Waals surface area (Å²) in [5, 5.41) is 0. The van der Waals surface area contributed by atoms with Crippen molar-refractivity contribution in [1.29, 1.82) is 0 Å². The third-order valence-corrected chi connectivity index (χ3v) is 4.40. The fourth-order valence-corrected chi connectivity index (χ4v) is 2.75. The molecule has 1 aromatic rings. The number of ketones is 1. The van der Waals surface area contributed by atoms with Crippen LogP contribution >= 0.6 is 15.9 Å². The van der Waals surface area contributed by atoms with E-state index in [1.54, 1.807) is 0 Å². The Morgan fingerprint density at radius 3 is 2.43 bits per heavy atom. The Balaban J connectivity index is 2.85. The third-order valence-electron chi connectivity index (χ3n) is 3.78. The van der Waals surface area contributed by atoms with Crippen molar-refractivity contribution in [3.63, 3.8) is 0 Å². The van der Waals surface area contributed by atoms with Gasteiger partial charge in [0.1, 0.15) is 5.82 Å². The van der Waals surface area contributed by atoms with Crippen molar-refractivity contribution in [2.24, 2.45) is 17.1 Å². The highest BCUT2D eigenvalue weighted by atomic mass is 79.9. The summed E-state index contributed by atoms with van der Waals surface area (Å²) in [6, 6.07) is 2.36. The van der Waals surface area contributed by atoms with Crippen LogP contribution in [0.15, 0.2) is 16.6 Å². The largest absolute Gasteiger partial charge is 0.330 e. The van der Waals surface area contributed by atoms with Crippen LogP contribution in [-0.4, -0.2) is 12.3 Å². The molecule has 2 N–H and O–H groups in total. The first-order valence-corrected chi connectivity index (χ1v) is 7.84. The Morgan fingerprint density at radius 2 is 1.90 bits per heavy atom. The van der Waals surface area contributed by atoms with Crippen LogP contribution in [0.4, 0.5) is 8.78 Å². The molecular weight excluding hydrogens is 340 g/mol. The first-order chi connectivity index (χ1) is 9.68. The van der Waals surface area contributed by atoms with E-state index in [9.17, 15) is 13.6 Å². The molecule has 0 spiro atoms. The Hall–Kier alpha value is -0.810. The van der Waals surface area contributed by atoms with Crippen LogP contribution < -0.4 is 5.73 Å². The van der Waals surface area contributed by atoms with E-state index >= 15 is 0 Å². The molecule has 0 heterocycles. The molecule has 118 valence electrons. The van der Waals surface area contributed by atoms with Gasteiger partial charge in [0.05, 0.1) is 10.0 Å². The van der Waals surface area contributed by atoms with Crippen LogP contribution in [0.3, 0.4) is 0 Å². The molecule has 0 bridgehead atoms. The lowest BCUT2D eigenvalue weighted by atomic mass is 9.75. The minimum atomic E-state index is -0.828. The van der Waals surface area contributed by atoms with Crippen molar-refractivity contribution in [1.82, 2.24) is 0 Å². The second-order valence-electron chi connectivity index (χ2n) is 6.32. The predicted octanol–water partition coefficient (Wildman–Crippen LogP) is 4.70. The van der Waals surface area contributed by atoms with Crippen LogP contribution in [0.2, 0.25) is 0 Å². The fraction of sp³-hybridized carbons (Fsp3) is 0.562. The lowest BCUT2D eigenvalue weighted by molar-refractivity contribution is 0.0949. The summed E-state index contributed by atoms with van der Waals surface area (Å²) in [5.41, 5.74) is 5.15. The second kappa shape index (κ2) is 7.45. The number of hydrogen-bond acceptors (Lipinski definition) is 2. The summed E-state index contributed by atoms with van der Waals surface area (Å²) < 4.78 is 27.7. The molecule has 1 atom stereocenters. The monoisotopic (exact) mass is 361 g/mol. The molecule has 0 aliphatic heterocycles. The number of rotatable bonds is 6. The number of carbonyl (C=O) groups is 1. The van der Waals surface area contributed by atoms with Gasteiger partial charge in [-0.1, -0.05) is 20.8 Å². The Kier molecular flexibility index (Phi) is 6.47. The minimum absolute atomic E-state index is 0.00795. The zero-order valence-electron chi connectivity index (χ0n) is 12.7. The summed E-state index contributed by atoms with van der Waals surface area (Å²) >= 11 is 2.97. The maximum Gasteiger partial charge on any atom is 0.168 e. The van der Waals surface area contributed by atoms with Gasteiger partial charge < -0.3 is 5.73 Å². The van der Waals surface area contributed by atoms with E-state index in [2.05, 4.69) is 36.7 Å². The average Bonchev–Trinajstić information content (AvgIpc) is 2.38. The van der Waals surface area contributed by atoms with E-state index in [1.165, 1.54) is 6.07 Å². The standard InChI is InChI=1S/C16H22BrF2NO/c1-16(2,3)10(8-9-20)4-7-13(21)14-12(18)6-5-11(17)15(14)19/h5-6,10H,4,7-9,20H2,1-3H3. The summed E-state index contributed by atoms with van der Waals surface area (Å²) in [4.78, 5) is 12.1.